The van der Waals surface area contributed by atoms with Gasteiger partial charge in [-0.1, -0.05) is 49.1 Å². The number of likely N-dealkylation sites (tertiary alicyclic amines) is 1. The molecule has 3 nitrogen and oxygen atoms in total. The highest BCUT2D eigenvalue weighted by molar-refractivity contribution is 5.87. The third kappa shape index (κ3) is 6.89. The van der Waals surface area contributed by atoms with E-state index in [4.69, 9.17) is 0 Å². The van der Waals surface area contributed by atoms with Crippen LogP contribution in [-0.2, 0) is 19.4 Å². The zero-order valence-electron chi connectivity index (χ0n) is 18.9. The topological polar surface area (TPSA) is 27.6 Å². The average Bonchev–Trinajstić information content (AvgIpc) is 2.82. The first kappa shape index (κ1) is 22.5. The van der Waals surface area contributed by atoms with E-state index in [-0.39, 0.29) is 5.82 Å². The Morgan fingerprint density at radius 1 is 1.00 bits per heavy atom. The van der Waals surface area contributed by atoms with Gasteiger partial charge in [0, 0.05) is 49.7 Å². The van der Waals surface area contributed by atoms with E-state index in [1.54, 1.807) is 12.1 Å². The Kier molecular flexibility index (Phi) is 7.89. The van der Waals surface area contributed by atoms with Gasteiger partial charge in [0.1, 0.15) is 5.82 Å². The molecule has 2 aliphatic rings. The van der Waals surface area contributed by atoms with Crippen molar-refractivity contribution >= 4 is 5.71 Å². The maximum absolute atomic E-state index is 13.1. The van der Waals surface area contributed by atoms with Crippen LogP contribution in [-0.4, -0.2) is 29.7 Å². The first-order chi connectivity index (χ1) is 15.6. The van der Waals surface area contributed by atoms with Crippen LogP contribution >= 0.6 is 0 Å². The van der Waals surface area contributed by atoms with Crippen molar-refractivity contribution in [3.05, 3.63) is 95.6 Å². The molecule has 0 atom stereocenters. The number of allylic oxidation sites excluding steroid dienone is 2. The maximum atomic E-state index is 13.1. The van der Waals surface area contributed by atoms with Crippen molar-refractivity contribution < 1.29 is 4.39 Å². The molecule has 168 valence electrons. The number of halogens is 1. The van der Waals surface area contributed by atoms with Gasteiger partial charge in [0.2, 0.25) is 0 Å². The fourth-order valence-electron chi connectivity index (χ4n) is 4.48. The summed E-state index contributed by atoms with van der Waals surface area (Å²) in [4.78, 5) is 6.94. The number of hydrogen-bond acceptors (Lipinski definition) is 3. The van der Waals surface area contributed by atoms with E-state index in [0.717, 1.165) is 70.3 Å². The average molecular weight is 432 g/mol. The number of hydrogen-bond donors (Lipinski definition) is 1. The number of rotatable bonds is 9. The number of aliphatic imine (C=N–C) groups is 1. The molecular formula is C28H34FN3. The molecule has 0 aliphatic carbocycles. The van der Waals surface area contributed by atoms with Crippen molar-refractivity contribution in [2.45, 2.75) is 57.5 Å². The first-order valence-electron chi connectivity index (χ1n) is 11.8. The van der Waals surface area contributed by atoms with Crippen LogP contribution in [0.1, 0.15) is 48.8 Å². The molecule has 0 radical (unpaired) electrons. The summed E-state index contributed by atoms with van der Waals surface area (Å²) in [7, 11) is 0. The summed E-state index contributed by atoms with van der Waals surface area (Å²) < 4.78 is 13.1. The number of benzene rings is 2. The number of piperidine rings is 1. The summed E-state index contributed by atoms with van der Waals surface area (Å²) in [6.45, 7) is 7.29. The SMILES string of the molecule is C=C(CCc1ccc(CC2=NC=CCC2)cc1)NC1CCN(Cc2ccc(F)cc2)CC1. The summed E-state index contributed by atoms with van der Waals surface area (Å²) in [5.41, 5.74) is 6.29. The van der Waals surface area contributed by atoms with Crippen LogP contribution in [0.15, 0.2) is 78.1 Å². The van der Waals surface area contributed by atoms with Crippen molar-refractivity contribution in [1.29, 1.82) is 0 Å². The Labute approximate surface area is 191 Å². The Hall–Kier alpha value is -2.72. The molecule has 1 fully saturated rings. The minimum atomic E-state index is -0.168. The lowest BCUT2D eigenvalue weighted by Crippen LogP contribution is -2.41. The largest absolute Gasteiger partial charge is 0.386 e. The second kappa shape index (κ2) is 11.2. The highest BCUT2D eigenvalue weighted by Gasteiger charge is 2.19. The van der Waals surface area contributed by atoms with Crippen molar-refractivity contribution in [2.75, 3.05) is 13.1 Å². The maximum Gasteiger partial charge on any atom is 0.123 e. The zero-order chi connectivity index (χ0) is 22.2. The van der Waals surface area contributed by atoms with E-state index in [1.165, 1.54) is 22.4 Å². The summed E-state index contributed by atoms with van der Waals surface area (Å²) in [6.07, 6.45) is 11.4. The Morgan fingerprint density at radius 2 is 1.69 bits per heavy atom. The van der Waals surface area contributed by atoms with Gasteiger partial charge < -0.3 is 5.32 Å². The van der Waals surface area contributed by atoms with Gasteiger partial charge in [0.15, 0.2) is 0 Å². The van der Waals surface area contributed by atoms with Crippen LogP contribution in [0, 0.1) is 5.82 Å². The van der Waals surface area contributed by atoms with Crippen LogP contribution in [0.3, 0.4) is 0 Å². The van der Waals surface area contributed by atoms with Gasteiger partial charge in [-0.3, -0.25) is 9.89 Å². The first-order valence-corrected chi connectivity index (χ1v) is 11.8. The Bertz CT molecular complexity index is 936. The number of nitrogens with one attached hydrogen (secondary N) is 1. The summed E-state index contributed by atoms with van der Waals surface area (Å²) in [5.74, 6) is -0.168. The zero-order valence-corrected chi connectivity index (χ0v) is 18.9. The van der Waals surface area contributed by atoms with Crippen molar-refractivity contribution in [3.63, 3.8) is 0 Å². The van der Waals surface area contributed by atoms with Gasteiger partial charge in [-0.2, -0.15) is 0 Å². The molecule has 0 aromatic heterocycles. The van der Waals surface area contributed by atoms with Crippen LogP contribution in [0.25, 0.3) is 0 Å². The molecule has 32 heavy (non-hydrogen) atoms. The lowest BCUT2D eigenvalue weighted by molar-refractivity contribution is 0.195. The van der Waals surface area contributed by atoms with Gasteiger partial charge in [0.05, 0.1) is 0 Å². The molecule has 0 spiro atoms. The highest BCUT2D eigenvalue weighted by atomic mass is 19.1. The molecule has 0 amide bonds. The fourth-order valence-corrected chi connectivity index (χ4v) is 4.48. The van der Waals surface area contributed by atoms with Crippen molar-refractivity contribution in [1.82, 2.24) is 10.2 Å². The van der Waals surface area contributed by atoms with E-state index in [1.807, 2.05) is 18.3 Å². The van der Waals surface area contributed by atoms with Gasteiger partial charge in [0.25, 0.3) is 0 Å². The van der Waals surface area contributed by atoms with E-state index < -0.39 is 0 Å². The molecule has 2 aromatic rings. The van der Waals surface area contributed by atoms with E-state index in [9.17, 15) is 4.39 Å². The van der Waals surface area contributed by atoms with Crippen molar-refractivity contribution in [3.8, 4) is 0 Å². The Morgan fingerprint density at radius 3 is 2.38 bits per heavy atom. The molecule has 0 unspecified atom stereocenters. The third-order valence-electron chi connectivity index (χ3n) is 6.42. The van der Waals surface area contributed by atoms with Gasteiger partial charge in [-0.05, 0) is 67.3 Å². The molecule has 2 aromatic carbocycles. The predicted molar refractivity (Wildman–Crippen MR) is 131 cm³/mol. The molecule has 1 saturated heterocycles. The van der Waals surface area contributed by atoms with Crippen LogP contribution in [0.2, 0.25) is 0 Å². The van der Waals surface area contributed by atoms with Gasteiger partial charge in [-0.15, -0.1) is 0 Å². The molecule has 1 N–H and O–H groups in total. The lowest BCUT2D eigenvalue weighted by Gasteiger charge is -2.33. The van der Waals surface area contributed by atoms with E-state index in [0.29, 0.717) is 6.04 Å². The smallest absolute Gasteiger partial charge is 0.123 e. The number of aryl methyl sites for hydroxylation is 1. The molecule has 4 heteroatoms. The minimum Gasteiger partial charge on any atom is -0.386 e. The molecular weight excluding hydrogens is 397 g/mol. The fraction of sp³-hybridized carbons (Fsp3) is 0.393. The van der Waals surface area contributed by atoms with E-state index >= 15 is 0 Å². The molecule has 0 bridgehead atoms. The quantitative estimate of drug-likeness (QED) is 0.542. The second-order valence-corrected chi connectivity index (χ2v) is 9.04. The molecule has 0 saturated carbocycles. The standard InChI is InChI=1S/C28H34FN3/c1-22(5-6-23-7-9-24(10-8-23)20-28-4-2-3-17-30-28)31-27-15-18-32(19-16-27)21-25-11-13-26(29)14-12-25/h3,7-14,17,27,31H,1-2,4-6,15-16,18-21H2. The second-order valence-electron chi connectivity index (χ2n) is 9.04. The molecule has 2 heterocycles. The van der Waals surface area contributed by atoms with Crippen molar-refractivity contribution in [2.24, 2.45) is 4.99 Å². The van der Waals surface area contributed by atoms with E-state index in [2.05, 4.69) is 52.1 Å². The minimum absolute atomic E-state index is 0.168. The molecule has 2 aliphatic heterocycles. The van der Waals surface area contributed by atoms with Crippen LogP contribution in [0.5, 0.6) is 0 Å². The highest BCUT2D eigenvalue weighted by Crippen LogP contribution is 2.17. The predicted octanol–water partition coefficient (Wildman–Crippen LogP) is 5.82. The summed E-state index contributed by atoms with van der Waals surface area (Å²) >= 11 is 0. The molecule has 4 rings (SSSR count). The van der Waals surface area contributed by atoms with Gasteiger partial charge >= 0.3 is 0 Å². The monoisotopic (exact) mass is 431 g/mol. The Balaban J connectivity index is 1.15. The lowest BCUT2D eigenvalue weighted by atomic mass is 10.00. The van der Waals surface area contributed by atoms with Gasteiger partial charge in [-0.25, -0.2) is 4.39 Å². The normalized spacial score (nSPS) is 17.2. The summed E-state index contributed by atoms with van der Waals surface area (Å²) in [5, 5.41) is 3.65. The third-order valence-corrected chi connectivity index (χ3v) is 6.42. The summed E-state index contributed by atoms with van der Waals surface area (Å²) in [6, 6.07) is 16.3. The van der Waals surface area contributed by atoms with Crippen LogP contribution in [0.4, 0.5) is 4.39 Å². The van der Waals surface area contributed by atoms with Crippen LogP contribution < -0.4 is 5.32 Å². The number of nitrogens with zero attached hydrogens (tertiary/aromatic N) is 2.